The summed E-state index contributed by atoms with van der Waals surface area (Å²) in [5.74, 6) is -1.03. The summed E-state index contributed by atoms with van der Waals surface area (Å²) in [5, 5.41) is 11.7. The maximum absolute atomic E-state index is 13.2. The molecule has 26 heavy (non-hydrogen) atoms. The van der Waals surface area contributed by atoms with Gasteiger partial charge in [0, 0.05) is 31.2 Å². The number of benzene rings is 1. The number of carboxylic acid groups (broad SMARTS) is 1. The number of hydrogen-bond acceptors (Lipinski definition) is 4. The number of ether oxygens (including phenoxy) is 1. The molecule has 6 heteroatoms. The molecule has 2 saturated heterocycles. The molecule has 136 valence electrons. The maximum atomic E-state index is 13.2. The number of carbonyl (C=O) groups excluding carboxylic acids is 1. The summed E-state index contributed by atoms with van der Waals surface area (Å²) in [6, 6.07) is 10.1. The molecular formula is C20H21NO4S. The Morgan fingerprint density at radius 1 is 1.27 bits per heavy atom. The van der Waals surface area contributed by atoms with Gasteiger partial charge >= 0.3 is 5.97 Å². The molecule has 3 heterocycles. The van der Waals surface area contributed by atoms with Gasteiger partial charge in [0.15, 0.2) is 0 Å². The fourth-order valence-corrected chi connectivity index (χ4v) is 4.92. The first kappa shape index (κ1) is 17.2. The van der Waals surface area contributed by atoms with Crippen LogP contribution in [0.4, 0.5) is 0 Å². The molecule has 1 aromatic carbocycles. The average Bonchev–Trinajstić information content (AvgIpc) is 3.27. The minimum Gasteiger partial charge on any atom is -0.481 e. The number of rotatable bonds is 3. The molecule has 2 fully saturated rings. The summed E-state index contributed by atoms with van der Waals surface area (Å²) in [7, 11) is 0. The lowest BCUT2D eigenvalue weighted by Crippen LogP contribution is -2.45. The summed E-state index contributed by atoms with van der Waals surface area (Å²) in [6.07, 6.45) is 0.464. The van der Waals surface area contributed by atoms with E-state index < -0.39 is 11.4 Å². The van der Waals surface area contributed by atoms with Crippen LogP contribution in [0.15, 0.2) is 35.7 Å². The van der Waals surface area contributed by atoms with E-state index in [9.17, 15) is 14.7 Å². The topological polar surface area (TPSA) is 66.8 Å². The van der Waals surface area contributed by atoms with E-state index in [4.69, 9.17) is 4.74 Å². The van der Waals surface area contributed by atoms with Crippen molar-refractivity contribution in [3.63, 3.8) is 0 Å². The third kappa shape index (κ3) is 2.73. The van der Waals surface area contributed by atoms with Crippen LogP contribution in [-0.4, -0.2) is 48.2 Å². The van der Waals surface area contributed by atoms with Gasteiger partial charge in [-0.15, -0.1) is 11.3 Å². The number of likely N-dealkylation sites (tertiary alicyclic amines) is 1. The minimum absolute atomic E-state index is 0.0781. The number of nitrogens with zero attached hydrogens (tertiary/aromatic N) is 1. The Hall–Kier alpha value is -2.18. The molecule has 4 rings (SSSR count). The first-order valence-electron chi connectivity index (χ1n) is 8.76. The molecule has 2 aromatic rings. The highest BCUT2D eigenvalue weighted by Crippen LogP contribution is 2.43. The minimum atomic E-state index is -0.866. The van der Waals surface area contributed by atoms with Crippen LogP contribution >= 0.6 is 11.3 Å². The van der Waals surface area contributed by atoms with Crippen molar-refractivity contribution in [3.8, 4) is 11.1 Å². The molecule has 0 bridgehead atoms. The summed E-state index contributed by atoms with van der Waals surface area (Å²) >= 11 is 1.41. The predicted molar refractivity (Wildman–Crippen MR) is 99.4 cm³/mol. The van der Waals surface area contributed by atoms with Crippen molar-refractivity contribution in [2.75, 3.05) is 26.3 Å². The van der Waals surface area contributed by atoms with E-state index in [0.717, 1.165) is 11.1 Å². The zero-order valence-electron chi connectivity index (χ0n) is 14.6. The number of hydrogen-bond donors (Lipinski definition) is 1. The predicted octanol–water partition coefficient (Wildman–Crippen LogP) is 3.29. The van der Waals surface area contributed by atoms with E-state index in [1.165, 1.54) is 16.9 Å². The fourth-order valence-electron chi connectivity index (χ4n) is 4.03. The molecule has 2 aliphatic heterocycles. The lowest BCUT2D eigenvalue weighted by Gasteiger charge is -2.33. The molecule has 0 unspecified atom stereocenters. The highest BCUT2D eigenvalue weighted by atomic mass is 32.1. The zero-order chi connectivity index (χ0) is 18.3. The van der Waals surface area contributed by atoms with E-state index in [0.29, 0.717) is 31.1 Å². The molecule has 0 spiro atoms. The van der Waals surface area contributed by atoms with Crippen molar-refractivity contribution in [3.05, 3.63) is 46.2 Å². The fraction of sp³-hybridized carbons (Fsp3) is 0.400. The maximum Gasteiger partial charge on any atom is 0.311 e. The van der Waals surface area contributed by atoms with E-state index >= 15 is 0 Å². The molecular weight excluding hydrogens is 350 g/mol. The normalized spacial score (nSPS) is 25.1. The van der Waals surface area contributed by atoms with Crippen molar-refractivity contribution >= 4 is 23.2 Å². The Bertz CT molecular complexity index is 844. The van der Waals surface area contributed by atoms with Gasteiger partial charge in [-0.1, -0.05) is 29.8 Å². The molecule has 5 nitrogen and oxygen atoms in total. The Morgan fingerprint density at radius 2 is 2.04 bits per heavy atom. The van der Waals surface area contributed by atoms with Gasteiger partial charge in [-0.3, -0.25) is 9.59 Å². The van der Waals surface area contributed by atoms with Gasteiger partial charge in [-0.2, -0.15) is 0 Å². The van der Waals surface area contributed by atoms with E-state index in [-0.39, 0.29) is 18.4 Å². The standard InChI is InChI=1S/C20H21NO4S/c1-13-2-4-14(5-3-13)16-6-9-26-17(16)18(22)21-10-15-11-25-8-7-20(15,12-21)19(23)24/h2-6,9,15H,7-8,10-12H2,1H3,(H,23,24)/t15-,20+/m0/s1. The quantitative estimate of drug-likeness (QED) is 0.899. The summed E-state index contributed by atoms with van der Waals surface area (Å²) in [4.78, 5) is 27.5. The van der Waals surface area contributed by atoms with Crippen LogP contribution in [0.25, 0.3) is 11.1 Å². The average molecular weight is 371 g/mol. The molecule has 1 aromatic heterocycles. The van der Waals surface area contributed by atoms with Crippen LogP contribution in [0.2, 0.25) is 0 Å². The molecule has 1 N–H and O–H groups in total. The molecule has 0 radical (unpaired) electrons. The van der Waals surface area contributed by atoms with Crippen LogP contribution < -0.4 is 0 Å². The third-order valence-electron chi connectivity index (χ3n) is 5.64. The van der Waals surface area contributed by atoms with Crippen molar-refractivity contribution in [2.45, 2.75) is 13.3 Å². The van der Waals surface area contributed by atoms with Gasteiger partial charge in [0.05, 0.1) is 16.9 Å². The Kier molecular flexibility index (Phi) is 4.32. The number of aliphatic carboxylic acids is 1. The SMILES string of the molecule is Cc1ccc(-c2ccsc2C(=O)N2C[C@H]3COCC[C@@]3(C(=O)O)C2)cc1. The van der Waals surface area contributed by atoms with Gasteiger partial charge in [0.2, 0.25) is 0 Å². The number of carboxylic acids is 1. The van der Waals surface area contributed by atoms with Crippen LogP contribution in [0.1, 0.15) is 21.7 Å². The van der Waals surface area contributed by atoms with Crippen molar-refractivity contribution in [1.29, 1.82) is 0 Å². The Labute approximate surface area is 156 Å². The van der Waals surface area contributed by atoms with Crippen LogP contribution in [-0.2, 0) is 9.53 Å². The first-order chi connectivity index (χ1) is 12.5. The van der Waals surface area contributed by atoms with Gasteiger partial charge in [0.1, 0.15) is 0 Å². The monoisotopic (exact) mass is 371 g/mol. The smallest absolute Gasteiger partial charge is 0.311 e. The Balaban J connectivity index is 1.63. The molecule has 1 amide bonds. The zero-order valence-corrected chi connectivity index (χ0v) is 15.4. The molecule has 2 atom stereocenters. The second kappa shape index (κ2) is 6.52. The number of amides is 1. The number of fused-ring (bicyclic) bond motifs is 1. The van der Waals surface area contributed by atoms with Crippen LogP contribution in [0, 0.1) is 18.3 Å². The van der Waals surface area contributed by atoms with E-state index in [1.54, 1.807) is 4.90 Å². The van der Waals surface area contributed by atoms with Gasteiger partial charge in [0.25, 0.3) is 5.91 Å². The summed E-state index contributed by atoms with van der Waals surface area (Å²) < 4.78 is 5.48. The largest absolute Gasteiger partial charge is 0.481 e. The van der Waals surface area contributed by atoms with E-state index in [2.05, 4.69) is 0 Å². The van der Waals surface area contributed by atoms with Gasteiger partial charge in [-0.25, -0.2) is 0 Å². The number of carbonyl (C=O) groups is 2. The van der Waals surface area contributed by atoms with E-state index in [1.807, 2.05) is 42.6 Å². The highest BCUT2D eigenvalue weighted by molar-refractivity contribution is 7.12. The molecule has 0 aliphatic carbocycles. The van der Waals surface area contributed by atoms with Crippen LogP contribution in [0.5, 0.6) is 0 Å². The summed E-state index contributed by atoms with van der Waals surface area (Å²) in [5.41, 5.74) is 2.22. The Morgan fingerprint density at radius 3 is 2.73 bits per heavy atom. The second-order valence-electron chi connectivity index (χ2n) is 7.20. The van der Waals surface area contributed by atoms with Gasteiger partial charge < -0.3 is 14.7 Å². The second-order valence-corrected chi connectivity index (χ2v) is 8.11. The van der Waals surface area contributed by atoms with Crippen molar-refractivity contribution < 1.29 is 19.4 Å². The lowest BCUT2D eigenvalue weighted by atomic mass is 9.74. The summed E-state index contributed by atoms with van der Waals surface area (Å²) in [6.45, 7) is 3.59. The molecule has 2 aliphatic rings. The molecule has 0 saturated carbocycles. The van der Waals surface area contributed by atoms with Crippen molar-refractivity contribution in [2.24, 2.45) is 11.3 Å². The van der Waals surface area contributed by atoms with Crippen molar-refractivity contribution in [1.82, 2.24) is 4.90 Å². The van der Waals surface area contributed by atoms with Gasteiger partial charge in [-0.05, 0) is 30.4 Å². The van der Waals surface area contributed by atoms with Crippen LogP contribution in [0.3, 0.4) is 0 Å². The number of aryl methyl sites for hydroxylation is 1. The highest BCUT2D eigenvalue weighted by Gasteiger charge is 2.55. The number of thiophene rings is 1. The lowest BCUT2D eigenvalue weighted by molar-refractivity contribution is -0.157. The third-order valence-corrected chi connectivity index (χ3v) is 6.54. The first-order valence-corrected chi connectivity index (χ1v) is 9.64.